The largest absolute Gasteiger partial charge is 0.401 e. The van der Waals surface area contributed by atoms with Gasteiger partial charge >= 0.3 is 0 Å². The molecule has 4 nitrogen and oxygen atoms in total. The summed E-state index contributed by atoms with van der Waals surface area (Å²) in [4.78, 5) is 17.7. The Hall–Kier alpha value is -1.90. The Morgan fingerprint density at radius 2 is 1.86 bits per heavy atom. The molecule has 0 aromatic carbocycles. The van der Waals surface area contributed by atoms with Gasteiger partial charge in [-0.3, -0.25) is 4.79 Å². The fourth-order valence-corrected chi connectivity index (χ4v) is 3.62. The zero-order chi connectivity index (χ0) is 21.5. The summed E-state index contributed by atoms with van der Waals surface area (Å²) in [5.41, 5.74) is 7.99. The van der Waals surface area contributed by atoms with Gasteiger partial charge in [-0.15, -0.1) is 24.6 Å². The van der Waals surface area contributed by atoms with Crippen LogP contribution < -0.4 is 5.73 Å². The lowest BCUT2D eigenvalue weighted by atomic mass is 10.1. The Labute approximate surface area is 176 Å². The van der Waals surface area contributed by atoms with E-state index in [-0.39, 0.29) is 5.91 Å². The number of allylic oxidation sites excluding steroid dienone is 7. The van der Waals surface area contributed by atoms with Crippen molar-refractivity contribution in [2.75, 3.05) is 39.0 Å². The van der Waals surface area contributed by atoms with Crippen molar-refractivity contribution < 1.29 is 4.79 Å². The van der Waals surface area contributed by atoms with Crippen molar-refractivity contribution in [3.8, 4) is 12.8 Å². The number of amides is 1. The van der Waals surface area contributed by atoms with Crippen LogP contribution in [0, 0.1) is 18.8 Å². The van der Waals surface area contributed by atoms with Crippen molar-refractivity contribution in [1.82, 2.24) is 9.80 Å². The third-order valence-corrected chi connectivity index (χ3v) is 5.90. The van der Waals surface area contributed by atoms with E-state index in [4.69, 9.17) is 5.73 Å². The Morgan fingerprint density at radius 1 is 1.18 bits per heavy atom. The number of hydrogen-bond acceptors (Lipinski definition) is 4. The van der Waals surface area contributed by atoms with E-state index < -0.39 is 0 Å². The van der Waals surface area contributed by atoms with E-state index in [0.717, 1.165) is 31.8 Å². The number of carbonyl (C=O) groups is 1. The molecule has 1 unspecified atom stereocenters. The van der Waals surface area contributed by atoms with Crippen molar-refractivity contribution in [1.29, 1.82) is 0 Å². The van der Waals surface area contributed by atoms with Crippen LogP contribution in [0.4, 0.5) is 0 Å². The van der Waals surface area contributed by atoms with Crippen molar-refractivity contribution in [2.24, 2.45) is 11.7 Å². The van der Waals surface area contributed by atoms with Crippen LogP contribution >= 0.6 is 11.8 Å². The lowest BCUT2D eigenvalue weighted by Crippen LogP contribution is -2.38. The number of thioether (sulfide) groups is 1. The van der Waals surface area contributed by atoms with Gasteiger partial charge in [0.05, 0.1) is 4.91 Å². The number of rotatable bonds is 10. The van der Waals surface area contributed by atoms with Crippen LogP contribution in [0.15, 0.2) is 46.6 Å². The van der Waals surface area contributed by atoms with Gasteiger partial charge in [0.15, 0.2) is 0 Å². The normalized spacial score (nSPS) is 16.6. The molecule has 1 rings (SSSR count). The minimum Gasteiger partial charge on any atom is -0.401 e. The number of carbonyl (C=O) groups excluding carboxylic acids is 1. The number of nitrogens with two attached hydrogens (primary N) is 1. The molecule has 0 bridgehead atoms. The average Bonchev–Trinajstić information content (AvgIpc) is 2.94. The molecule has 0 fully saturated rings. The second-order valence-corrected chi connectivity index (χ2v) is 7.64. The molecule has 28 heavy (non-hydrogen) atoms. The van der Waals surface area contributed by atoms with Crippen molar-refractivity contribution >= 4 is 17.7 Å². The Kier molecular flexibility index (Phi) is 14.0. The van der Waals surface area contributed by atoms with Crippen molar-refractivity contribution in [3.05, 3.63) is 46.6 Å². The van der Waals surface area contributed by atoms with Gasteiger partial charge in [0.1, 0.15) is 0 Å². The van der Waals surface area contributed by atoms with Crippen LogP contribution in [0.1, 0.15) is 34.1 Å². The predicted molar refractivity (Wildman–Crippen MR) is 125 cm³/mol. The lowest BCUT2D eigenvalue weighted by Gasteiger charge is -2.25. The number of nitrogens with zero attached hydrogens (tertiary/aromatic N) is 2. The minimum absolute atomic E-state index is 0.0518. The molecular weight excluding hydrogens is 366 g/mol. The molecule has 0 aromatic rings. The van der Waals surface area contributed by atoms with Crippen LogP contribution in [0.5, 0.6) is 0 Å². The van der Waals surface area contributed by atoms with Crippen molar-refractivity contribution in [3.63, 3.8) is 0 Å². The summed E-state index contributed by atoms with van der Waals surface area (Å²) in [6.45, 7) is 11.4. The molecule has 5 heteroatoms. The maximum Gasteiger partial charge on any atom is 0.262 e. The zero-order valence-corrected chi connectivity index (χ0v) is 19.0. The van der Waals surface area contributed by atoms with Gasteiger partial charge in [-0.2, -0.15) is 0 Å². The first-order valence-corrected chi connectivity index (χ1v) is 10.9. The topological polar surface area (TPSA) is 49.6 Å². The molecule has 156 valence electrons. The Morgan fingerprint density at radius 3 is 2.39 bits per heavy atom. The van der Waals surface area contributed by atoms with Gasteiger partial charge in [-0.1, -0.05) is 44.2 Å². The van der Waals surface area contributed by atoms with Gasteiger partial charge in [-0.05, 0) is 39.4 Å². The summed E-state index contributed by atoms with van der Waals surface area (Å²) in [6, 6.07) is 0. The zero-order valence-electron chi connectivity index (χ0n) is 18.1. The number of hydrogen-bond donors (Lipinski definition) is 1. The second kappa shape index (κ2) is 15.1. The third kappa shape index (κ3) is 9.34. The molecule has 1 aliphatic rings. The standard InChI is InChI=1S/C21H35N3OS.C2H2/c1-6-18-10-9-11-19(13-12-18)16-26-20(17(4)22)21(25)24(8-3)15-14-23(5)7-2;1-2/h9-13,19H,6-8,14-16,22H2,1-5H3;1-2H/b20-17-;. The molecule has 0 spiro atoms. The highest BCUT2D eigenvalue weighted by molar-refractivity contribution is 8.04. The molecule has 0 saturated heterocycles. The molecule has 2 N–H and O–H groups in total. The maximum atomic E-state index is 13.0. The highest BCUT2D eigenvalue weighted by Gasteiger charge is 2.20. The highest BCUT2D eigenvalue weighted by Crippen LogP contribution is 2.25. The van der Waals surface area contributed by atoms with Crippen LogP contribution in [-0.4, -0.2) is 54.7 Å². The molecule has 0 aliphatic heterocycles. The quantitative estimate of drug-likeness (QED) is 0.442. The Bertz CT molecular complexity index is 613. The second-order valence-electron chi connectivity index (χ2n) is 6.61. The molecule has 0 aromatic heterocycles. The van der Waals surface area contributed by atoms with Gasteiger partial charge < -0.3 is 15.5 Å². The van der Waals surface area contributed by atoms with E-state index in [9.17, 15) is 4.79 Å². The van der Waals surface area contributed by atoms with E-state index in [1.165, 1.54) is 5.57 Å². The first-order chi connectivity index (χ1) is 13.4. The van der Waals surface area contributed by atoms with Gasteiger partial charge in [0.25, 0.3) is 5.91 Å². The average molecular weight is 404 g/mol. The maximum absolute atomic E-state index is 13.0. The number of likely N-dealkylation sites (N-methyl/N-ethyl adjacent to an activating group) is 2. The fraction of sp³-hybridized carbons (Fsp3) is 0.522. The van der Waals surface area contributed by atoms with Crippen LogP contribution in [0.25, 0.3) is 0 Å². The fourth-order valence-electron chi connectivity index (χ4n) is 2.56. The third-order valence-electron chi connectivity index (χ3n) is 4.57. The summed E-state index contributed by atoms with van der Waals surface area (Å²) in [6.07, 6.45) is 19.9. The molecule has 1 atom stereocenters. The summed E-state index contributed by atoms with van der Waals surface area (Å²) in [7, 11) is 2.07. The molecular formula is C23H37N3OS. The molecule has 1 aliphatic carbocycles. The minimum atomic E-state index is 0.0518. The molecule has 0 heterocycles. The van der Waals surface area contributed by atoms with E-state index in [1.807, 2.05) is 18.7 Å². The lowest BCUT2D eigenvalue weighted by molar-refractivity contribution is -0.126. The SMILES string of the molecule is C#C.CCC1=CC=CC(CS/C(C(=O)N(CC)CCN(C)CC)=C(/C)N)C=C1. The van der Waals surface area contributed by atoms with Crippen LogP contribution in [-0.2, 0) is 4.79 Å². The van der Waals surface area contributed by atoms with E-state index in [0.29, 0.717) is 23.1 Å². The Balaban J connectivity index is 0.00000352. The molecule has 0 radical (unpaired) electrons. The summed E-state index contributed by atoms with van der Waals surface area (Å²) in [5, 5.41) is 0. The van der Waals surface area contributed by atoms with Gasteiger partial charge in [0.2, 0.25) is 0 Å². The summed E-state index contributed by atoms with van der Waals surface area (Å²) in [5.74, 6) is 1.18. The predicted octanol–water partition coefficient (Wildman–Crippen LogP) is 4.04. The molecule has 0 saturated carbocycles. The van der Waals surface area contributed by atoms with Crippen LogP contribution in [0.3, 0.4) is 0 Å². The smallest absolute Gasteiger partial charge is 0.262 e. The number of terminal acetylenes is 1. The van der Waals surface area contributed by atoms with Gasteiger partial charge in [0, 0.05) is 37.0 Å². The highest BCUT2D eigenvalue weighted by atomic mass is 32.2. The summed E-state index contributed by atoms with van der Waals surface area (Å²) >= 11 is 1.57. The molecule has 1 amide bonds. The van der Waals surface area contributed by atoms with Crippen LogP contribution in [0.2, 0.25) is 0 Å². The first kappa shape index (κ1) is 26.1. The van der Waals surface area contributed by atoms with E-state index in [1.54, 1.807) is 11.8 Å². The van der Waals surface area contributed by atoms with Crippen molar-refractivity contribution in [2.45, 2.75) is 34.1 Å². The van der Waals surface area contributed by atoms with E-state index >= 15 is 0 Å². The summed E-state index contributed by atoms with van der Waals surface area (Å²) < 4.78 is 0. The van der Waals surface area contributed by atoms with Gasteiger partial charge in [-0.25, -0.2) is 0 Å². The first-order valence-electron chi connectivity index (χ1n) is 9.88. The van der Waals surface area contributed by atoms with E-state index in [2.05, 4.69) is 69.0 Å². The monoisotopic (exact) mass is 403 g/mol.